The fourth-order valence-corrected chi connectivity index (χ4v) is 3.56. The minimum absolute atomic E-state index is 0.0275. The van der Waals surface area contributed by atoms with Crippen LogP contribution in [0.15, 0.2) is 33.9 Å². The van der Waals surface area contributed by atoms with E-state index in [1.54, 1.807) is 11.2 Å². The molecule has 2 aliphatic rings. The molecule has 0 unspecified atom stereocenters. The van der Waals surface area contributed by atoms with Crippen LogP contribution in [-0.4, -0.2) is 58.2 Å². The quantitative estimate of drug-likeness (QED) is 0.623. The lowest BCUT2D eigenvalue weighted by Gasteiger charge is -2.31. The second-order valence-electron chi connectivity index (χ2n) is 5.17. The number of thioether (sulfide) groups is 1. The van der Waals surface area contributed by atoms with Crippen LogP contribution in [0.25, 0.3) is 0 Å². The van der Waals surface area contributed by atoms with Crippen molar-refractivity contribution in [2.24, 2.45) is 0 Å². The highest BCUT2D eigenvalue weighted by Crippen LogP contribution is 2.32. The van der Waals surface area contributed by atoms with Crippen LogP contribution in [0, 0.1) is 0 Å². The van der Waals surface area contributed by atoms with Gasteiger partial charge in [-0.3, -0.25) is 9.69 Å². The summed E-state index contributed by atoms with van der Waals surface area (Å²) in [6, 6.07) is 3.66. The second kappa shape index (κ2) is 6.21. The Morgan fingerprint density at radius 3 is 2.81 bits per heavy atom. The number of hydrogen-bond acceptors (Lipinski definition) is 6. The number of nitrogens with zero attached hydrogens (tertiary/aromatic N) is 3. The third kappa shape index (κ3) is 3.30. The van der Waals surface area contributed by atoms with Gasteiger partial charge in [0.25, 0.3) is 5.91 Å². The van der Waals surface area contributed by atoms with Crippen molar-refractivity contribution in [3.05, 3.63) is 35.3 Å². The molecule has 0 atom stereocenters. The lowest BCUT2D eigenvalue weighted by Crippen LogP contribution is -2.42. The smallest absolute Gasteiger partial charge is 0.268 e. The summed E-state index contributed by atoms with van der Waals surface area (Å²) in [6.07, 6.45) is 3.56. The molecule has 0 saturated carbocycles. The molecule has 2 aliphatic heterocycles. The molecule has 0 spiro atoms. The maximum absolute atomic E-state index is 12.5. The molecule has 112 valence electrons. The largest absolute Gasteiger partial charge is 0.467 e. The van der Waals surface area contributed by atoms with Crippen LogP contribution in [-0.2, 0) is 11.3 Å². The molecule has 1 amide bonds. The first-order chi connectivity index (χ1) is 10.1. The second-order valence-corrected chi connectivity index (χ2v) is 6.85. The first kappa shape index (κ1) is 14.6. The third-order valence-electron chi connectivity index (χ3n) is 3.61. The summed E-state index contributed by atoms with van der Waals surface area (Å²) in [5.41, 5.74) is 0. The lowest BCUT2D eigenvalue weighted by molar-refractivity contribution is -0.122. The van der Waals surface area contributed by atoms with Crippen molar-refractivity contribution in [1.82, 2.24) is 14.7 Å². The third-order valence-corrected chi connectivity index (χ3v) is 4.97. The molecule has 3 rings (SSSR count). The van der Waals surface area contributed by atoms with E-state index in [2.05, 4.69) is 16.8 Å². The van der Waals surface area contributed by atoms with Crippen molar-refractivity contribution >= 4 is 34.2 Å². The van der Waals surface area contributed by atoms with Gasteiger partial charge < -0.3 is 14.2 Å². The average molecular weight is 323 g/mol. The molecule has 2 saturated heterocycles. The molecule has 1 aromatic rings. The van der Waals surface area contributed by atoms with Crippen LogP contribution >= 0.6 is 24.0 Å². The fraction of sp³-hybridized carbons (Fsp3) is 0.429. The summed E-state index contributed by atoms with van der Waals surface area (Å²) in [5.74, 6) is 0.715. The standard InChI is InChI=1S/C14H17N3O2S2/c1-15-4-6-16(7-5-15)10-12-13(18)17(14(20)21-12)9-11-3-2-8-19-11/h2-3,8,10H,4-7,9H2,1H3. The minimum Gasteiger partial charge on any atom is -0.467 e. The first-order valence-electron chi connectivity index (χ1n) is 6.84. The van der Waals surface area contributed by atoms with Gasteiger partial charge in [-0.15, -0.1) is 0 Å². The zero-order chi connectivity index (χ0) is 14.8. The molecule has 0 radical (unpaired) electrons. The molecule has 0 aliphatic carbocycles. The SMILES string of the molecule is CN1CCN(C=C2SC(=S)N(Cc3ccco3)C2=O)CC1. The summed E-state index contributed by atoms with van der Waals surface area (Å²) < 4.78 is 5.89. The van der Waals surface area contributed by atoms with E-state index in [0.29, 0.717) is 15.8 Å². The van der Waals surface area contributed by atoms with Gasteiger partial charge >= 0.3 is 0 Å². The van der Waals surface area contributed by atoms with Gasteiger partial charge in [-0.1, -0.05) is 24.0 Å². The van der Waals surface area contributed by atoms with Crippen LogP contribution in [0.3, 0.4) is 0 Å². The molecular formula is C14H17N3O2S2. The maximum Gasteiger partial charge on any atom is 0.268 e. The molecule has 3 heterocycles. The number of rotatable bonds is 3. The zero-order valence-electron chi connectivity index (χ0n) is 11.8. The first-order valence-corrected chi connectivity index (χ1v) is 8.06. The Balaban J connectivity index is 1.68. The van der Waals surface area contributed by atoms with Crippen LogP contribution in [0.5, 0.6) is 0 Å². The molecular weight excluding hydrogens is 306 g/mol. The molecule has 0 aromatic carbocycles. The van der Waals surface area contributed by atoms with Gasteiger partial charge in [0.15, 0.2) is 0 Å². The molecule has 21 heavy (non-hydrogen) atoms. The van der Waals surface area contributed by atoms with Gasteiger partial charge in [-0.25, -0.2) is 0 Å². The number of piperazine rings is 1. The van der Waals surface area contributed by atoms with Crippen molar-refractivity contribution in [3.8, 4) is 0 Å². The Labute approximate surface area is 133 Å². The Morgan fingerprint density at radius 2 is 2.14 bits per heavy atom. The Kier molecular flexibility index (Phi) is 4.32. The van der Waals surface area contributed by atoms with Crippen molar-refractivity contribution in [1.29, 1.82) is 0 Å². The monoisotopic (exact) mass is 323 g/mol. The van der Waals surface area contributed by atoms with Gasteiger partial charge in [-0.2, -0.15) is 0 Å². The van der Waals surface area contributed by atoms with E-state index >= 15 is 0 Å². The van der Waals surface area contributed by atoms with E-state index in [9.17, 15) is 4.79 Å². The van der Waals surface area contributed by atoms with Crippen LogP contribution in [0.4, 0.5) is 0 Å². The van der Waals surface area contributed by atoms with Crippen LogP contribution in [0.1, 0.15) is 5.76 Å². The molecule has 0 N–H and O–H groups in total. The maximum atomic E-state index is 12.5. The predicted octanol–water partition coefficient (Wildman–Crippen LogP) is 1.73. The Morgan fingerprint density at radius 1 is 1.38 bits per heavy atom. The van der Waals surface area contributed by atoms with Gasteiger partial charge in [0.1, 0.15) is 10.1 Å². The number of furan rings is 1. The predicted molar refractivity (Wildman–Crippen MR) is 86.6 cm³/mol. The average Bonchev–Trinajstić information content (AvgIpc) is 3.06. The Bertz CT molecular complexity index is 563. The number of carbonyl (C=O) groups excluding carboxylic acids is 1. The van der Waals surface area contributed by atoms with Crippen LogP contribution in [0.2, 0.25) is 0 Å². The lowest BCUT2D eigenvalue weighted by atomic mass is 10.3. The van der Waals surface area contributed by atoms with Crippen molar-refractivity contribution in [2.45, 2.75) is 6.54 Å². The van der Waals surface area contributed by atoms with E-state index in [1.807, 2.05) is 18.3 Å². The van der Waals surface area contributed by atoms with Crippen molar-refractivity contribution < 1.29 is 9.21 Å². The summed E-state index contributed by atoms with van der Waals surface area (Å²) in [7, 11) is 2.11. The normalized spacial score (nSPS) is 22.6. The summed E-state index contributed by atoms with van der Waals surface area (Å²) in [6.45, 7) is 4.32. The van der Waals surface area contributed by atoms with Gasteiger partial charge in [0.05, 0.1) is 17.7 Å². The van der Waals surface area contributed by atoms with E-state index in [0.717, 1.165) is 31.9 Å². The van der Waals surface area contributed by atoms with Crippen molar-refractivity contribution in [3.63, 3.8) is 0 Å². The van der Waals surface area contributed by atoms with Gasteiger partial charge in [0, 0.05) is 32.4 Å². The van der Waals surface area contributed by atoms with E-state index < -0.39 is 0 Å². The van der Waals surface area contributed by atoms with Gasteiger partial charge in [-0.05, 0) is 19.2 Å². The number of hydrogen-bond donors (Lipinski definition) is 0. The molecule has 1 aromatic heterocycles. The summed E-state index contributed by atoms with van der Waals surface area (Å²) in [4.78, 5) is 19.2. The molecule has 7 heteroatoms. The van der Waals surface area contributed by atoms with Gasteiger partial charge in [0.2, 0.25) is 0 Å². The van der Waals surface area contributed by atoms with E-state index in [1.165, 1.54) is 11.8 Å². The summed E-state index contributed by atoms with van der Waals surface area (Å²) in [5, 5.41) is 0. The minimum atomic E-state index is -0.0275. The highest BCUT2D eigenvalue weighted by molar-refractivity contribution is 8.26. The number of amides is 1. The topological polar surface area (TPSA) is 39.9 Å². The van der Waals surface area contributed by atoms with Crippen LogP contribution < -0.4 is 0 Å². The Hall–Kier alpha value is -1.31. The molecule has 5 nitrogen and oxygen atoms in total. The van der Waals surface area contributed by atoms with E-state index in [-0.39, 0.29) is 5.91 Å². The molecule has 2 fully saturated rings. The highest BCUT2D eigenvalue weighted by atomic mass is 32.2. The number of likely N-dealkylation sites (N-methyl/N-ethyl adjacent to an activating group) is 1. The fourth-order valence-electron chi connectivity index (χ4n) is 2.30. The van der Waals surface area contributed by atoms with Crippen molar-refractivity contribution in [2.75, 3.05) is 33.2 Å². The summed E-state index contributed by atoms with van der Waals surface area (Å²) >= 11 is 6.68. The highest BCUT2D eigenvalue weighted by Gasteiger charge is 2.33. The number of carbonyl (C=O) groups is 1. The molecule has 0 bridgehead atoms. The number of thiocarbonyl (C=S) groups is 1. The van der Waals surface area contributed by atoms with E-state index in [4.69, 9.17) is 16.6 Å². The zero-order valence-corrected chi connectivity index (χ0v) is 13.5.